The van der Waals surface area contributed by atoms with Gasteiger partial charge in [-0.15, -0.1) is 0 Å². The number of aryl methyl sites for hydroxylation is 1. The summed E-state index contributed by atoms with van der Waals surface area (Å²) < 4.78 is 12.4. The highest BCUT2D eigenvalue weighted by Gasteiger charge is 2.22. The molecule has 1 unspecified atom stereocenters. The molecule has 2 aromatic rings. The summed E-state index contributed by atoms with van der Waals surface area (Å²) in [6, 6.07) is 7.67. The molecule has 0 fully saturated rings. The molecule has 0 saturated heterocycles. The highest BCUT2D eigenvalue weighted by atomic mass is 32.2. The number of nitro groups is 1. The van der Waals surface area contributed by atoms with Crippen molar-refractivity contribution in [3.63, 3.8) is 0 Å². The standard InChI is InChI=1S/C14H11NO6S/c1-8-6-11(7-12(13(8)16)14(17)18)22(21)10-4-2-9(3-5-10)15(19)20/h2-7,16H,1H3,(H,17,18). The molecule has 0 bridgehead atoms. The first kappa shape index (κ1) is 15.8. The number of non-ortho nitro benzene ring substituents is 1. The van der Waals surface area contributed by atoms with Crippen molar-refractivity contribution in [2.24, 2.45) is 0 Å². The summed E-state index contributed by atoms with van der Waals surface area (Å²) in [5.74, 6) is -1.71. The highest BCUT2D eigenvalue weighted by Crippen LogP contribution is 2.30. The number of hydrogen-bond acceptors (Lipinski definition) is 5. The lowest BCUT2D eigenvalue weighted by atomic mass is 10.1. The molecule has 114 valence electrons. The third kappa shape index (κ3) is 3.02. The number of nitrogens with zero attached hydrogens (tertiary/aromatic N) is 1. The van der Waals surface area contributed by atoms with Gasteiger partial charge in [-0.2, -0.15) is 0 Å². The van der Waals surface area contributed by atoms with E-state index in [0.717, 1.165) is 6.07 Å². The van der Waals surface area contributed by atoms with Gasteiger partial charge in [-0.25, -0.2) is 4.79 Å². The Morgan fingerprint density at radius 3 is 2.27 bits per heavy atom. The van der Waals surface area contributed by atoms with E-state index in [2.05, 4.69) is 0 Å². The summed E-state index contributed by atoms with van der Waals surface area (Å²) in [7, 11) is 0. The van der Waals surface area contributed by atoms with E-state index in [1.807, 2.05) is 0 Å². The predicted octanol–water partition coefficient (Wildman–Crippen LogP) is 2.47. The van der Waals surface area contributed by atoms with Gasteiger partial charge in [0, 0.05) is 47.6 Å². The molecule has 0 aliphatic rings. The van der Waals surface area contributed by atoms with E-state index < -0.39 is 22.1 Å². The first-order valence-corrected chi connectivity index (χ1v) is 7.19. The maximum Gasteiger partial charge on any atom is 0.339 e. The van der Waals surface area contributed by atoms with Gasteiger partial charge in [-0.05, 0) is 12.5 Å². The monoisotopic (exact) mass is 321 g/mol. The molecule has 2 N–H and O–H groups in total. The number of carboxylic acid groups (broad SMARTS) is 1. The average molecular weight is 321 g/mol. The first-order chi connectivity index (χ1) is 10.3. The van der Waals surface area contributed by atoms with Gasteiger partial charge in [0.1, 0.15) is 11.3 Å². The highest BCUT2D eigenvalue weighted by molar-refractivity contribution is 7.91. The summed E-state index contributed by atoms with van der Waals surface area (Å²) in [5, 5.41) is 29.3. The zero-order valence-electron chi connectivity index (χ0n) is 11.3. The second-order valence-electron chi connectivity index (χ2n) is 4.46. The lowest BCUT2D eigenvalue weighted by Gasteiger charge is -2.12. The van der Waals surface area contributed by atoms with Gasteiger partial charge in [0.05, 0.1) is 4.92 Å². The fourth-order valence-electron chi connectivity index (χ4n) is 1.84. The fourth-order valence-corrected chi connectivity index (χ4v) is 3.01. The number of aromatic carboxylic acids is 1. The van der Waals surface area contributed by atoms with Crippen LogP contribution in [0.3, 0.4) is 0 Å². The quantitative estimate of drug-likeness (QED) is 0.506. The maximum absolute atomic E-state index is 12.4. The minimum absolute atomic E-state index is 0.131. The molecule has 0 spiro atoms. The normalized spacial score (nSPS) is 11.9. The van der Waals surface area contributed by atoms with Crippen LogP contribution >= 0.6 is 0 Å². The molecule has 0 radical (unpaired) electrons. The molecule has 22 heavy (non-hydrogen) atoms. The van der Waals surface area contributed by atoms with Crippen LogP contribution in [0.1, 0.15) is 15.9 Å². The van der Waals surface area contributed by atoms with Crippen molar-refractivity contribution in [3.8, 4) is 5.75 Å². The van der Waals surface area contributed by atoms with E-state index in [-0.39, 0.29) is 27.5 Å². The van der Waals surface area contributed by atoms with Crippen molar-refractivity contribution >= 4 is 22.8 Å². The molecule has 7 nitrogen and oxygen atoms in total. The molecule has 0 aliphatic heterocycles. The lowest BCUT2D eigenvalue weighted by Crippen LogP contribution is -2.06. The number of hydrogen-bond donors (Lipinski definition) is 2. The van der Waals surface area contributed by atoms with Gasteiger partial charge in [0.15, 0.2) is 9.79 Å². The number of carboxylic acids is 1. The molecule has 0 heterocycles. The van der Waals surface area contributed by atoms with Gasteiger partial charge in [0.25, 0.3) is 5.69 Å². The number of nitro benzene ring substituents is 1. The van der Waals surface area contributed by atoms with E-state index in [1.165, 1.54) is 37.3 Å². The Bertz CT molecular complexity index is 744. The Hall–Kier alpha value is -2.58. The van der Waals surface area contributed by atoms with Crippen LogP contribution in [0.15, 0.2) is 46.2 Å². The summed E-state index contributed by atoms with van der Waals surface area (Å²) in [6.07, 6.45) is 0. The molecule has 0 aliphatic carbocycles. The van der Waals surface area contributed by atoms with Crippen LogP contribution in [0.2, 0.25) is 0 Å². The predicted molar refractivity (Wildman–Crippen MR) is 77.6 cm³/mol. The van der Waals surface area contributed by atoms with E-state index in [0.29, 0.717) is 4.90 Å². The zero-order chi connectivity index (χ0) is 16.4. The molecular weight excluding hydrogens is 310 g/mol. The minimum atomic E-state index is -1.71. The van der Waals surface area contributed by atoms with Gasteiger partial charge in [-0.3, -0.25) is 10.1 Å². The minimum Gasteiger partial charge on any atom is -0.606 e. The molecule has 1 atom stereocenters. The third-order valence-corrected chi connectivity index (χ3v) is 4.34. The second-order valence-corrected chi connectivity index (χ2v) is 5.94. The van der Waals surface area contributed by atoms with E-state index >= 15 is 0 Å². The van der Waals surface area contributed by atoms with Gasteiger partial charge >= 0.3 is 5.97 Å². The topological polar surface area (TPSA) is 124 Å². The second kappa shape index (κ2) is 6.04. The first-order valence-electron chi connectivity index (χ1n) is 6.04. The SMILES string of the molecule is Cc1cc([S+]([O-])c2ccc([N+](=O)[O-])cc2)cc(C(=O)O)c1O. The van der Waals surface area contributed by atoms with Crippen LogP contribution < -0.4 is 0 Å². The molecule has 8 heteroatoms. The van der Waals surface area contributed by atoms with Crippen molar-refractivity contribution in [2.45, 2.75) is 16.7 Å². The summed E-state index contributed by atoms with van der Waals surface area (Å²) in [6.45, 7) is 1.50. The molecular formula is C14H11NO6S. The maximum atomic E-state index is 12.4. The van der Waals surface area contributed by atoms with Gasteiger partial charge in [-0.1, -0.05) is 0 Å². The van der Waals surface area contributed by atoms with Crippen LogP contribution in [-0.4, -0.2) is 25.7 Å². The van der Waals surface area contributed by atoms with E-state index in [1.54, 1.807) is 0 Å². The Balaban J connectivity index is 2.42. The zero-order valence-corrected chi connectivity index (χ0v) is 12.2. The molecule has 0 saturated carbocycles. The van der Waals surface area contributed by atoms with Gasteiger partial charge in [0.2, 0.25) is 0 Å². The Morgan fingerprint density at radius 2 is 1.77 bits per heavy atom. The van der Waals surface area contributed by atoms with Crippen molar-refractivity contribution in [2.75, 3.05) is 0 Å². The molecule has 0 amide bonds. The number of benzene rings is 2. The Morgan fingerprint density at radius 1 is 1.18 bits per heavy atom. The largest absolute Gasteiger partial charge is 0.606 e. The Kier molecular flexibility index (Phi) is 4.34. The molecule has 2 rings (SSSR count). The lowest BCUT2D eigenvalue weighted by molar-refractivity contribution is -0.384. The molecule has 2 aromatic carbocycles. The van der Waals surface area contributed by atoms with Crippen LogP contribution in [0.25, 0.3) is 0 Å². The van der Waals surface area contributed by atoms with E-state index in [4.69, 9.17) is 5.11 Å². The van der Waals surface area contributed by atoms with Crippen LogP contribution in [0, 0.1) is 17.0 Å². The number of phenols is 1. The number of rotatable bonds is 4. The molecule has 0 aromatic heterocycles. The van der Waals surface area contributed by atoms with Crippen molar-refractivity contribution in [1.29, 1.82) is 0 Å². The number of carbonyl (C=O) groups is 1. The van der Waals surface area contributed by atoms with Gasteiger partial charge < -0.3 is 14.8 Å². The summed E-state index contributed by atoms with van der Waals surface area (Å²) >= 11 is -1.71. The van der Waals surface area contributed by atoms with Crippen LogP contribution in [0.4, 0.5) is 5.69 Å². The van der Waals surface area contributed by atoms with Crippen molar-refractivity contribution < 1.29 is 24.5 Å². The summed E-state index contributed by atoms with van der Waals surface area (Å²) in [4.78, 5) is 21.6. The average Bonchev–Trinajstić information content (AvgIpc) is 2.48. The van der Waals surface area contributed by atoms with Crippen LogP contribution in [0.5, 0.6) is 5.75 Å². The van der Waals surface area contributed by atoms with Crippen molar-refractivity contribution in [1.82, 2.24) is 0 Å². The Labute approximate surface area is 128 Å². The fraction of sp³-hybridized carbons (Fsp3) is 0.0714. The van der Waals surface area contributed by atoms with E-state index in [9.17, 15) is 24.6 Å². The third-order valence-electron chi connectivity index (χ3n) is 2.98. The number of aromatic hydroxyl groups is 1. The summed E-state index contributed by atoms with van der Waals surface area (Å²) in [5.41, 5.74) is -0.190. The van der Waals surface area contributed by atoms with Crippen LogP contribution in [-0.2, 0) is 11.2 Å². The van der Waals surface area contributed by atoms with Crippen molar-refractivity contribution in [3.05, 3.63) is 57.6 Å². The smallest absolute Gasteiger partial charge is 0.339 e.